The molecule has 2 aromatic rings. The zero-order chi connectivity index (χ0) is 14.9. The van der Waals surface area contributed by atoms with Crippen molar-refractivity contribution in [1.82, 2.24) is 9.78 Å². The molecule has 1 aromatic carbocycles. The van der Waals surface area contributed by atoms with Crippen LogP contribution in [0.3, 0.4) is 0 Å². The van der Waals surface area contributed by atoms with Crippen LogP contribution in [0.4, 0.5) is 0 Å². The second-order valence-electron chi connectivity index (χ2n) is 4.70. The van der Waals surface area contributed by atoms with E-state index in [1.54, 1.807) is 0 Å². The molecule has 6 heteroatoms. The molecule has 1 atom stereocenters. The fraction of sp³-hybridized carbons (Fsp3) is 0.357. The van der Waals surface area contributed by atoms with Gasteiger partial charge < -0.3 is 5.73 Å². The van der Waals surface area contributed by atoms with Crippen LogP contribution in [0.2, 0.25) is 0 Å². The van der Waals surface area contributed by atoms with Crippen LogP contribution in [0.5, 0.6) is 0 Å². The fourth-order valence-corrected chi connectivity index (χ4v) is 4.26. The smallest absolute Gasteiger partial charge is 0.0766 e. The number of nitrogens with two attached hydrogens (primary N) is 1. The predicted octanol–water partition coefficient (Wildman–Crippen LogP) is 4.51. The van der Waals surface area contributed by atoms with E-state index < -0.39 is 0 Å². The SMILES string of the molecule is CCc1nn(C)c(CC(N)c2cc(Br)cc(Br)c2)c1Br. The molecule has 0 saturated heterocycles. The highest BCUT2D eigenvalue weighted by Gasteiger charge is 2.17. The van der Waals surface area contributed by atoms with E-state index in [-0.39, 0.29) is 6.04 Å². The van der Waals surface area contributed by atoms with Gasteiger partial charge in [-0.15, -0.1) is 0 Å². The first-order valence-corrected chi connectivity index (χ1v) is 8.72. The molecule has 1 heterocycles. The zero-order valence-corrected chi connectivity index (χ0v) is 16.1. The van der Waals surface area contributed by atoms with E-state index in [2.05, 4.69) is 71.9 Å². The minimum atomic E-state index is -0.0693. The van der Waals surface area contributed by atoms with E-state index in [1.165, 1.54) is 0 Å². The second kappa shape index (κ2) is 6.73. The Morgan fingerprint density at radius 2 is 1.80 bits per heavy atom. The van der Waals surface area contributed by atoms with Crippen molar-refractivity contribution < 1.29 is 0 Å². The van der Waals surface area contributed by atoms with E-state index in [0.29, 0.717) is 0 Å². The molecule has 0 bridgehead atoms. The van der Waals surface area contributed by atoms with Crippen molar-refractivity contribution >= 4 is 47.8 Å². The van der Waals surface area contributed by atoms with Crippen LogP contribution in [0.25, 0.3) is 0 Å². The van der Waals surface area contributed by atoms with Gasteiger partial charge in [-0.3, -0.25) is 4.68 Å². The van der Waals surface area contributed by atoms with Crippen molar-refractivity contribution in [3.05, 3.63) is 48.6 Å². The summed E-state index contributed by atoms with van der Waals surface area (Å²) in [5.41, 5.74) is 9.65. The van der Waals surface area contributed by atoms with Gasteiger partial charge in [0.15, 0.2) is 0 Å². The average molecular weight is 466 g/mol. The number of hydrogen-bond donors (Lipinski definition) is 1. The molecule has 20 heavy (non-hydrogen) atoms. The minimum absolute atomic E-state index is 0.0693. The van der Waals surface area contributed by atoms with E-state index >= 15 is 0 Å². The summed E-state index contributed by atoms with van der Waals surface area (Å²) in [5.74, 6) is 0. The standard InChI is InChI=1S/C14H16Br3N3/c1-3-12-14(17)13(20(2)19-12)7-11(18)8-4-9(15)6-10(16)5-8/h4-6,11H,3,7,18H2,1-2H3. The minimum Gasteiger partial charge on any atom is -0.324 e. The topological polar surface area (TPSA) is 43.8 Å². The quantitative estimate of drug-likeness (QED) is 0.721. The molecule has 0 radical (unpaired) electrons. The van der Waals surface area contributed by atoms with Gasteiger partial charge >= 0.3 is 0 Å². The summed E-state index contributed by atoms with van der Waals surface area (Å²) < 4.78 is 5.04. The monoisotopic (exact) mass is 463 g/mol. The molecule has 3 nitrogen and oxygen atoms in total. The maximum Gasteiger partial charge on any atom is 0.0766 e. The lowest BCUT2D eigenvalue weighted by Crippen LogP contribution is -2.15. The number of benzene rings is 1. The highest BCUT2D eigenvalue weighted by atomic mass is 79.9. The third kappa shape index (κ3) is 3.53. The Balaban J connectivity index is 2.27. The van der Waals surface area contributed by atoms with Crippen molar-refractivity contribution in [3.8, 4) is 0 Å². The lowest BCUT2D eigenvalue weighted by atomic mass is 10.0. The van der Waals surface area contributed by atoms with Crippen LogP contribution in [0.1, 0.15) is 29.9 Å². The van der Waals surface area contributed by atoms with Gasteiger partial charge in [-0.1, -0.05) is 38.8 Å². The molecular formula is C14H16Br3N3. The number of halogens is 3. The Labute approximate surface area is 144 Å². The molecule has 0 fully saturated rings. The summed E-state index contributed by atoms with van der Waals surface area (Å²) in [4.78, 5) is 0. The maximum absolute atomic E-state index is 6.35. The van der Waals surface area contributed by atoms with Crippen LogP contribution in [-0.2, 0) is 19.9 Å². The zero-order valence-electron chi connectivity index (χ0n) is 11.3. The fourth-order valence-electron chi connectivity index (χ4n) is 2.16. The van der Waals surface area contributed by atoms with E-state index in [0.717, 1.165) is 43.2 Å². The summed E-state index contributed by atoms with van der Waals surface area (Å²) in [6.45, 7) is 2.10. The van der Waals surface area contributed by atoms with Crippen molar-refractivity contribution in [1.29, 1.82) is 0 Å². The summed E-state index contributed by atoms with van der Waals surface area (Å²) in [6.07, 6.45) is 1.65. The predicted molar refractivity (Wildman–Crippen MR) is 92.8 cm³/mol. The van der Waals surface area contributed by atoms with Gasteiger partial charge in [0.1, 0.15) is 0 Å². The number of rotatable bonds is 4. The molecule has 2 N–H and O–H groups in total. The lowest BCUT2D eigenvalue weighted by Gasteiger charge is -2.14. The first-order chi connectivity index (χ1) is 9.42. The third-order valence-corrected chi connectivity index (χ3v) is 5.06. The molecule has 0 aliphatic rings. The Morgan fingerprint density at radius 1 is 1.20 bits per heavy atom. The van der Waals surface area contributed by atoms with Gasteiger partial charge in [-0.05, 0) is 46.1 Å². The van der Waals surface area contributed by atoms with Crippen LogP contribution < -0.4 is 5.73 Å². The Kier molecular flexibility index (Phi) is 5.45. The third-order valence-electron chi connectivity index (χ3n) is 3.23. The summed E-state index contributed by atoms with van der Waals surface area (Å²) in [7, 11) is 1.96. The molecule has 2 rings (SSSR count). The Hall–Kier alpha value is -0.170. The average Bonchev–Trinajstić information content (AvgIpc) is 2.65. The molecule has 0 aliphatic heterocycles. The number of nitrogens with zero attached hydrogens (tertiary/aromatic N) is 2. The van der Waals surface area contributed by atoms with Crippen LogP contribution in [0.15, 0.2) is 31.6 Å². The lowest BCUT2D eigenvalue weighted by molar-refractivity contribution is 0.636. The molecule has 108 valence electrons. The van der Waals surface area contributed by atoms with Gasteiger partial charge in [-0.2, -0.15) is 5.10 Å². The van der Waals surface area contributed by atoms with Crippen molar-refractivity contribution in [2.45, 2.75) is 25.8 Å². The van der Waals surface area contributed by atoms with Crippen molar-refractivity contribution in [2.24, 2.45) is 12.8 Å². The van der Waals surface area contributed by atoms with E-state index in [1.807, 2.05) is 17.8 Å². The summed E-state index contributed by atoms with van der Waals surface area (Å²) in [6, 6.07) is 6.05. The number of aryl methyl sites for hydroxylation is 2. The van der Waals surface area contributed by atoms with Gasteiger partial charge in [0.05, 0.1) is 15.9 Å². The summed E-state index contributed by atoms with van der Waals surface area (Å²) >= 11 is 10.6. The molecule has 1 aromatic heterocycles. The molecule has 0 amide bonds. The first kappa shape index (κ1) is 16.2. The molecular weight excluding hydrogens is 450 g/mol. The number of aromatic nitrogens is 2. The van der Waals surface area contributed by atoms with Crippen LogP contribution in [-0.4, -0.2) is 9.78 Å². The summed E-state index contributed by atoms with van der Waals surface area (Å²) in [5, 5.41) is 4.51. The highest BCUT2D eigenvalue weighted by molar-refractivity contribution is 9.11. The maximum atomic E-state index is 6.35. The Bertz CT molecular complexity index is 602. The van der Waals surface area contributed by atoms with Gasteiger partial charge in [0, 0.05) is 28.5 Å². The Morgan fingerprint density at radius 3 is 2.30 bits per heavy atom. The first-order valence-electron chi connectivity index (χ1n) is 6.34. The van der Waals surface area contributed by atoms with Crippen LogP contribution >= 0.6 is 47.8 Å². The molecule has 0 saturated carbocycles. The van der Waals surface area contributed by atoms with E-state index in [4.69, 9.17) is 5.73 Å². The number of hydrogen-bond acceptors (Lipinski definition) is 2. The van der Waals surface area contributed by atoms with E-state index in [9.17, 15) is 0 Å². The van der Waals surface area contributed by atoms with Gasteiger partial charge in [0.2, 0.25) is 0 Å². The largest absolute Gasteiger partial charge is 0.324 e. The second-order valence-corrected chi connectivity index (χ2v) is 7.32. The van der Waals surface area contributed by atoms with Crippen molar-refractivity contribution in [3.63, 3.8) is 0 Å². The van der Waals surface area contributed by atoms with Gasteiger partial charge in [0.25, 0.3) is 0 Å². The highest BCUT2D eigenvalue weighted by Crippen LogP contribution is 2.28. The molecule has 0 aliphatic carbocycles. The normalized spacial score (nSPS) is 12.7. The van der Waals surface area contributed by atoms with Gasteiger partial charge in [-0.25, -0.2) is 0 Å². The molecule has 1 unspecified atom stereocenters. The molecule has 0 spiro atoms. The van der Waals surface area contributed by atoms with Crippen LogP contribution in [0, 0.1) is 0 Å². The van der Waals surface area contributed by atoms with Crippen molar-refractivity contribution in [2.75, 3.05) is 0 Å².